The van der Waals surface area contributed by atoms with Crippen molar-refractivity contribution in [3.8, 4) is 0 Å². The third-order valence-corrected chi connectivity index (χ3v) is 7.07. The van der Waals surface area contributed by atoms with Crippen LogP contribution in [0, 0.1) is 6.92 Å². The first-order chi connectivity index (χ1) is 15.6. The SMILES string of the molecule is CCn1nc(C(=O)N2CC[C@H]3[C@H]2CCN3C(=O)CCc2ccc(C)cc2)c2ccccc21. The number of amides is 2. The van der Waals surface area contributed by atoms with E-state index < -0.39 is 0 Å². The molecule has 6 heteroatoms. The van der Waals surface area contributed by atoms with Gasteiger partial charge in [-0.2, -0.15) is 5.10 Å². The number of carbonyl (C=O) groups excluding carboxylic acids is 2. The highest BCUT2D eigenvalue weighted by atomic mass is 16.2. The van der Waals surface area contributed by atoms with Crippen molar-refractivity contribution in [3.05, 3.63) is 65.4 Å². The summed E-state index contributed by atoms with van der Waals surface area (Å²) in [4.78, 5) is 30.5. The number of hydrogen-bond donors (Lipinski definition) is 0. The first kappa shape index (κ1) is 20.7. The Balaban J connectivity index is 1.28. The standard InChI is InChI=1S/C26H30N4O2/c1-3-30-21-7-5-4-6-20(21)25(27-30)26(32)29-17-15-22-23(29)14-16-28(22)24(31)13-12-19-10-8-18(2)9-11-19/h4-11,22-23H,3,12-17H2,1-2H3/t22-,23+/m0/s1. The van der Waals surface area contributed by atoms with Crippen LogP contribution in [0.3, 0.4) is 0 Å². The molecule has 2 aromatic carbocycles. The van der Waals surface area contributed by atoms with Gasteiger partial charge in [0.05, 0.1) is 17.6 Å². The summed E-state index contributed by atoms with van der Waals surface area (Å²) in [5.74, 6) is 0.197. The lowest BCUT2D eigenvalue weighted by atomic mass is 10.1. The van der Waals surface area contributed by atoms with Crippen molar-refractivity contribution < 1.29 is 9.59 Å². The summed E-state index contributed by atoms with van der Waals surface area (Å²) >= 11 is 0. The van der Waals surface area contributed by atoms with Crippen molar-refractivity contribution >= 4 is 22.7 Å². The van der Waals surface area contributed by atoms with Gasteiger partial charge < -0.3 is 9.80 Å². The van der Waals surface area contributed by atoms with Gasteiger partial charge in [-0.3, -0.25) is 14.3 Å². The summed E-state index contributed by atoms with van der Waals surface area (Å²) in [6, 6.07) is 16.5. The van der Waals surface area contributed by atoms with E-state index in [2.05, 4.69) is 36.3 Å². The normalized spacial score (nSPS) is 20.2. The maximum Gasteiger partial charge on any atom is 0.275 e. The molecule has 32 heavy (non-hydrogen) atoms. The Labute approximate surface area is 188 Å². The van der Waals surface area contributed by atoms with Crippen molar-refractivity contribution in [2.45, 2.75) is 58.2 Å². The van der Waals surface area contributed by atoms with E-state index in [0.29, 0.717) is 18.7 Å². The van der Waals surface area contributed by atoms with Crippen LogP contribution in [-0.2, 0) is 17.8 Å². The van der Waals surface area contributed by atoms with Gasteiger partial charge in [-0.1, -0.05) is 48.0 Å². The van der Waals surface area contributed by atoms with Gasteiger partial charge in [-0.25, -0.2) is 0 Å². The van der Waals surface area contributed by atoms with E-state index in [1.54, 1.807) is 0 Å². The molecule has 5 rings (SSSR count). The minimum atomic E-state index is -0.00476. The van der Waals surface area contributed by atoms with Gasteiger partial charge in [0.1, 0.15) is 0 Å². The largest absolute Gasteiger partial charge is 0.337 e. The van der Waals surface area contributed by atoms with Crippen molar-refractivity contribution in [1.29, 1.82) is 0 Å². The molecular formula is C26H30N4O2. The van der Waals surface area contributed by atoms with Crippen LogP contribution in [0.15, 0.2) is 48.5 Å². The van der Waals surface area contributed by atoms with Gasteiger partial charge in [-0.15, -0.1) is 0 Å². The summed E-state index contributed by atoms with van der Waals surface area (Å²) in [5.41, 5.74) is 3.96. The summed E-state index contributed by atoms with van der Waals surface area (Å²) in [6.45, 7) is 6.25. The Hall–Kier alpha value is -3.15. The Bertz CT molecular complexity index is 1150. The monoisotopic (exact) mass is 430 g/mol. The van der Waals surface area contributed by atoms with Gasteiger partial charge in [0.25, 0.3) is 5.91 Å². The first-order valence-electron chi connectivity index (χ1n) is 11.7. The van der Waals surface area contributed by atoms with E-state index in [4.69, 9.17) is 0 Å². The molecule has 2 atom stereocenters. The second-order valence-corrected chi connectivity index (χ2v) is 8.96. The van der Waals surface area contributed by atoms with Crippen molar-refractivity contribution in [2.24, 2.45) is 0 Å². The number of carbonyl (C=O) groups is 2. The maximum atomic E-state index is 13.5. The Morgan fingerprint density at radius 3 is 2.41 bits per heavy atom. The predicted molar refractivity (Wildman–Crippen MR) is 124 cm³/mol. The number of fused-ring (bicyclic) bond motifs is 2. The molecule has 0 saturated carbocycles. The first-order valence-corrected chi connectivity index (χ1v) is 11.7. The lowest BCUT2D eigenvalue weighted by molar-refractivity contribution is -0.132. The molecule has 2 aliphatic heterocycles. The topological polar surface area (TPSA) is 58.4 Å². The number of para-hydroxylation sites is 1. The second kappa shape index (κ2) is 8.41. The average molecular weight is 431 g/mol. The van der Waals surface area contributed by atoms with Gasteiger partial charge in [0.15, 0.2) is 5.69 Å². The molecule has 3 heterocycles. The average Bonchev–Trinajstić information content (AvgIpc) is 3.51. The molecule has 0 spiro atoms. The number of aryl methyl sites for hydroxylation is 3. The van der Waals surface area contributed by atoms with E-state index in [0.717, 1.165) is 43.3 Å². The molecule has 0 unspecified atom stereocenters. The van der Waals surface area contributed by atoms with Gasteiger partial charge in [-0.05, 0) is 44.7 Å². The number of benzene rings is 2. The molecule has 166 valence electrons. The number of nitrogens with zero attached hydrogens (tertiary/aromatic N) is 4. The molecular weight excluding hydrogens is 400 g/mol. The molecule has 1 aromatic heterocycles. The Morgan fingerprint density at radius 2 is 1.66 bits per heavy atom. The van der Waals surface area contributed by atoms with Crippen molar-refractivity contribution in [2.75, 3.05) is 13.1 Å². The molecule has 2 aliphatic rings. The van der Waals surface area contributed by atoms with Gasteiger partial charge >= 0.3 is 0 Å². The van der Waals surface area contributed by atoms with Crippen LogP contribution in [0.1, 0.15) is 47.8 Å². The Morgan fingerprint density at radius 1 is 0.969 bits per heavy atom. The molecule has 2 amide bonds. The summed E-state index contributed by atoms with van der Waals surface area (Å²) in [5, 5.41) is 5.54. The van der Waals surface area contributed by atoms with Crippen LogP contribution in [0.25, 0.3) is 10.9 Å². The van der Waals surface area contributed by atoms with Crippen molar-refractivity contribution in [3.63, 3.8) is 0 Å². The third-order valence-electron chi connectivity index (χ3n) is 7.07. The zero-order chi connectivity index (χ0) is 22.2. The summed E-state index contributed by atoms with van der Waals surface area (Å²) in [7, 11) is 0. The molecule has 3 aromatic rings. The summed E-state index contributed by atoms with van der Waals surface area (Å²) < 4.78 is 1.89. The fourth-order valence-electron chi connectivity index (χ4n) is 5.36. The fraction of sp³-hybridized carbons (Fsp3) is 0.423. The lowest BCUT2D eigenvalue weighted by Crippen LogP contribution is -2.41. The summed E-state index contributed by atoms with van der Waals surface area (Å²) in [6.07, 6.45) is 2.97. The van der Waals surface area contributed by atoms with Gasteiger partial charge in [0, 0.05) is 31.4 Å². The molecule has 6 nitrogen and oxygen atoms in total. The van der Waals surface area contributed by atoms with Crippen LogP contribution in [-0.4, -0.2) is 56.6 Å². The maximum absolute atomic E-state index is 13.5. The number of likely N-dealkylation sites (tertiary alicyclic amines) is 2. The van der Waals surface area contributed by atoms with Crippen LogP contribution in [0.4, 0.5) is 0 Å². The molecule has 0 bridgehead atoms. The van der Waals surface area contributed by atoms with Crippen molar-refractivity contribution in [1.82, 2.24) is 19.6 Å². The minimum Gasteiger partial charge on any atom is -0.337 e. The quantitative estimate of drug-likeness (QED) is 0.618. The molecule has 2 fully saturated rings. The zero-order valence-electron chi connectivity index (χ0n) is 18.8. The van der Waals surface area contributed by atoms with E-state index in [1.807, 2.05) is 45.7 Å². The van der Waals surface area contributed by atoms with Crippen LogP contribution in [0.2, 0.25) is 0 Å². The van der Waals surface area contributed by atoms with Crippen LogP contribution >= 0.6 is 0 Å². The Kier molecular flexibility index (Phi) is 5.45. The number of hydrogen-bond acceptors (Lipinski definition) is 3. The van der Waals surface area contributed by atoms with Gasteiger partial charge in [0.2, 0.25) is 5.91 Å². The highest BCUT2D eigenvalue weighted by molar-refractivity contribution is 6.05. The third kappa shape index (κ3) is 3.57. The molecule has 0 aliphatic carbocycles. The number of rotatable bonds is 5. The second-order valence-electron chi connectivity index (χ2n) is 8.96. The molecule has 2 saturated heterocycles. The van der Waals surface area contributed by atoms with E-state index in [1.165, 1.54) is 11.1 Å². The smallest absolute Gasteiger partial charge is 0.275 e. The molecule has 0 N–H and O–H groups in total. The molecule has 0 radical (unpaired) electrons. The van der Waals surface area contributed by atoms with Crippen LogP contribution < -0.4 is 0 Å². The lowest BCUT2D eigenvalue weighted by Gasteiger charge is -2.25. The number of aromatic nitrogens is 2. The zero-order valence-corrected chi connectivity index (χ0v) is 18.8. The predicted octanol–water partition coefficient (Wildman–Crippen LogP) is 3.81. The highest BCUT2D eigenvalue weighted by Crippen LogP contribution is 2.34. The van der Waals surface area contributed by atoms with E-state index >= 15 is 0 Å². The van der Waals surface area contributed by atoms with Crippen LogP contribution in [0.5, 0.6) is 0 Å². The van der Waals surface area contributed by atoms with E-state index in [9.17, 15) is 9.59 Å². The highest BCUT2D eigenvalue weighted by Gasteiger charge is 2.46. The minimum absolute atomic E-state index is 0.00476. The fourth-order valence-corrected chi connectivity index (χ4v) is 5.36. The van der Waals surface area contributed by atoms with E-state index in [-0.39, 0.29) is 23.9 Å².